The van der Waals surface area contributed by atoms with Crippen molar-refractivity contribution in [2.75, 3.05) is 5.32 Å². The Labute approximate surface area is 115 Å². The van der Waals surface area contributed by atoms with E-state index in [1.807, 2.05) is 28.4 Å². The van der Waals surface area contributed by atoms with Gasteiger partial charge in [0.1, 0.15) is 17.7 Å². The Morgan fingerprint density at radius 2 is 2.30 bits per heavy atom. The van der Waals surface area contributed by atoms with Crippen LogP contribution in [0.3, 0.4) is 0 Å². The van der Waals surface area contributed by atoms with Crippen molar-refractivity contribution in [3.05, 3.63) is 36.3 Å². The van der Waals surface area contributed by atoms with Gasteiger partial charge in [0, 0.05) is 18.9 Å². The van der Waals surface area contributed by atoms with Crippen molar-refractivity contribution < 1.29 is 0 Å². The second-order valence-electron chi connectivity index (χ2n) is 5.07. The molecule has 1 unspecified atom stereocenters. The highest BCUT2D eigenvalue weighted by atomic mass is 15.4. The number of hydrogen-bond acceptors (Lipinski definition) is 5. The number of aromatic nitrogens is 6. The van der Waals surface area contributed by atoms with Crippen molar-refractivity contribution in [3.8, 4) is 0 Å². The van der Waals surface area contributed by atoms with Gasteiger partial charge in [-0.25, -0.2) is 19.2 Å². The Bertz CT molecular complexity index is 757. The number of nitrogens with one attached hydrogen (secondary N) is 1. The Kier molecular flexibility index (Phi) is 2.45. The number of hydrogen-bond donors (Lipinski definition) is 1. The van der Waals surface area contributed by atoms with E-state index >= 15 is 0 Å². The van der Waals surface area contributed by atoms with Crippen LogP contribution in [0.1, 0.15) is 30.4 Å². The van der Waals surface area contributed by atoms with Crippen LogP contribution in [0.5, 0.6) is 0 Å². The molecule has 7 nitrogen and oxygen atoms in total. The van der Waals surface area contributed by atoms with Crippen molar-refractivity contribution in [2.45, 2.75) is 32.4 Å². The molecule has 0 amide bonds. The predicted octanol–water partition coefficient (Wildman–Crippen LogP) is 1.58. The van der Waals surface area contributed by atoms with Crippen LogP contribution in [0.25, 0.3) is 5.52 Å². The van der Waals surface area contributed by atoms with Crippen LogP contribution in [-0.4, -0.2) is 29.4 Å². The van der Waals surface area contributed by atoms with Crippen LogP contribution < -0.4 is 5.32 Å². The third-order valence-electron chi connectivity index (χ3n) is 3.64. The Morgan fingerprint density at radius 3 is 3.25 bits per heavy atom. The number of anilines is 1. The molecule has 0 aliphatic carbocycles. The Balaban J connectivity index is 1.72. The van der Waals surface area contributed by atoms with Crippen molar-refractivity contribution in [2.24, 2.45) is 0 Å². The smallest absolute Gasteiger partial charge is 0.152 e. The molecule has 4 rings (SSSR count). The zero-order valence-corrected chi connectivity index (χ0v) is 11.2. The van der Waals surface area contributed by atoms with E-state index < -0.39 is 0 Å². The summed E-state index contributed by atoms with van der Waals surface area (Å²) >= 11 is 0. The Hall–Kier alpha value is -2.44. The predicted molar refractivity (Wildman–Crippen MR) is 73.3 cm³/mol. The van der Waals surface area contributed by atoms with E-state index in [1.165, 1.54) is 0 Å². The first-order valence-corrected chi connectivity index (χ1v) is 6.76. The van der Waals surface area contributed by atoms with Gasteiger partial charge >= 0.3 is 0 Å². The van der Waals surface area contributed by atoms with Gasteiger partial charge in [0.25, 0.3) is 0 Å². The van der Waals surface area contributed by atoms with Crippen molar-refractivity contribution in [1.29, 1.82) is 0 Å². The van der Waals surface area contributed by atoms with Crippen LogP contribution in [0.2, 0.25) is 0 Å². The third kappa shape index (κ3) is 1.74. The molecule has 1 N–H and O–H groups in total. The highest BCUT2D eigenvalue weighted by Gasteiger charge is 2.23. The number of fused-ring (bicyclic) bond motifs is 2. The molecule has 102 valence electrons. The minimum absolute atomic E-state index is 0.153. The topological polar surface area (TPSA) is 72.9 Å². The maximum atomic E-state index is 4.44. The van der Waals surface area contributed by atoms with Gasteiger partial charge < -0.3 is 5.32 Å². The summed E-state index contributed by atoms with van der Waals surface area (Å²) in [5, 5.41) is 12.1. The van der Waals surface area contributed by atoms with E-state index in [1.54, 1.807) is 12.5 Å². The van der Waals surface area contributed by atoms with E-state index in [4.69, 9.17) is 0 Å². The zero-order chi connectivity index (χ0) is 13.5. The maximum Gasteiger partial charge on any atom is 0.152 e. The summed E-state index contributed by atoms with van der Waals surface area (Å²) < 4.78 is 3.81. The quantitative estimate of drug-likeness (QED) is 0.764. The van der Waals surface area contributed by atoms with Crippen LogP contribution >= 0.6 is 0 Å². The monoisotopic (exact) mass is 269 g/mol. The first-order chi connectivity index (χ1) is 9.81. The maximum absolute atomic E-state index is 4.44. The second kappa shape index (κ2) is 4.29. The highest BCUT2D eigenvalue weighted by Crippen LogP contribution is 2.27. The van der Waals surface area contributed by atoms with E-state index in [0.29, 0.717) is 0 Å². The molecule has 1 aliphatic rings. The molecule has 7 heteroatoms. The van der Waals surface area contributed by atoms with Gasteiger partial charge in [-0.2, -0.15) is 10.2 Å². The molecule has 20 heavy (non-hydrogen) atoms. The molecule has 4 heterocycles. The van der Waals surface area contributed by atoms with Crippen LogP contribution in [0.4, 0.5) is 5.82 Å². The summed E-state index contributed by atoms with van der Waals surface area (Å²) in [6.45, 7) is 2.92. The fourth-order valence-electron chi connectivity index (χ4n) is 2.75. The summed E-state index contributed by atoms with van der Waals surface area (Å²) in [6, 6.07) is 2.18. The van der Waals surface area contributed by atoms with E-state index in [0.717, 1.165) is 42.2 Å². The standard InChI is InChI=1S/C13H15N7/c1-9-7-11-12(14-4-6-19(11)18-9)17-10-3-2-5-20-13(10)15-8-16-20/h4,6-8,10H,2-3,5H2,1H3,(H,14,17). The van der Waals surface area contributed by atoms with Crippen LogP contribution in [0, 0.1) is 6.92 Å². The normalized spacial score (nSPS) is 18.1. The molecule has 0 saturated carbocycles. The molecule has 0 radical (unpaired) electrons. The fraction of sp³-hybridized carbons (Fsp3) is 0.385. The molecule has 3 aromatic heterocycles. The van der Waals surface area contributed by atoms with Gasteiger partial charge in [0.15, 0.2) is 5.82 Å². The summed E-state index contributed by atoms with van der Waals surface area (Å²) in [5.41, 5.74) is 1.97. The van der Waals surface area contributed by atoms with Crippen molar-refractivity contribution >= 4 is 11.3 Å². The Morgan fingerprint density at radius 1 is 1.35 bits per heavy atom. The van der Waals surface area contributed by atoms with Gasteiger partial charge in [-0.3, -0.25) is 0 Å². The summed E-state index contributed by atoms with van der Waals surface area (Å²) in [7, 11) is 0. The lowest BCUT2D eigenvalue weighted by Gasteiger charge is -2.23. The molecular formula is C13H15N7. The van der Waals surface area contributed by atoms with Crippen LogP contribution in [0.15, 0.2) is 24.8 Å². The molecule has 0 saturated heterocycles. The fourth-order valence-corrected chi connectivity index (χ4v) is 2.75. The lowest BCUT2D eigenvalue weighted by atomic mass is 10.1. The number of nitrogens with zero attached hydrogens (tertiary/aromatic N) is 6. The molecule has 3 aromatic rings. The molecule has 0 spiro atoms. The second-order valence-corrected chi connectivity index (χ2v) is 5.07. The van der Waals surface area contributed by atoms with E-state index in [-0.39, 0.29) is 6.04 Å². The van der Waals surface area contributed by atoms with Crippen molar-refractivity contribution in [1.82, 2.24) is 29.4 Å². The van der Waals surface area contributed by atoms with E-state index in [2.05, 4.69) is 25.5 Å². The molecular weight excluding hydrogens is 254 g/mol. The molecule has 0 fully saturated rings. The van der Waals surface area contributed by atoms with Gasteiger partial charge in [0.05, 0.1) is 11.7 Å². The molecule has 0 aromatic carbocycles. The lowest BCUT2D eigenvalue weighted by molar-refractivity contribution is 0.437. The van der Waals surface area contributed by atoms with Gasteiger partial charge in [0.2, 0.25) is 0 Å². The van der Waals surface area contributed by atoms with Gasteiger partial charge in [-0.15, -0.1) is 0 Å². The first-order valence-electron chi connectivity index (χ1n) is 6.76. The number of aryl methyl sites for hydroxylation is 2. The first kappa shape index (κ1) is 11.4. The summed E-state index contributed by atoms with van der Waals surface area (Å²) in [4.78, 5) is 8.80. The van der Waals surface area contributed by atoms with Crippen LogP contribution in [-0.2, 0) is 6.54 Å². The average molecular weight is 269 g/mol. The summed E-state index contributed by atoms with van der Waals surface area (Å²) in [6.07, 6.45) is 7.36. The number of rotatable bonds is 2. The average Bonchev–Trinajstić information content (AvgIpc) is 3.05. The van der Waals surface area contributed by atoms with Crippen molar-refractivity contribution in [3.63, 3.8) is 0 Å². The minimum Gasteiger partial charge on any atom is -0.358 e. The van der Waals surface area contributed by atoms with Gasteiger partial charge in [-0.05, 0) is 25.8 Å². The van der Waals surface area contributed by atoms with Gasteiger partial charge in [-0.1, -0.05) is 0 Å². The highest BCUT2D eigenvalue weighted by molar-refractivity contribution is 5.68. The zero-order valence-electron chi connectivity index (χ0n) is 11.2. The minimum atomic E-state index is 0.153. The lowest BCUT2D eigenvalue weighted by Crippen LogP contribution is -2.23. The SMILES string of the molecule is Cc1cc2c(NC3CCCn4ncnc43)nccn2n1. The molecule has 0 bridgehead atoms. The third-order valence-corrected chi connectivity index (χ3v) is 3.64. The van der Waals surface area contributed by atoms with E-state index in [9.17, 15) is 0 Å². The summed E-state index contributed by atoms with van der Waals surface area (Å²) in [5.74, 6) is 1.82. The largest absolute Gasteiger partial charge is 0.358 e. The molecule has 1 aliphatic heterocycles. The molecule has 1 atom stereocenters.